The fourth-order valence-corrected chi connectivity index (χ4v) is 2.56. The molecule has 0 bridgehead atoms. The van der Waals surface area contributed by atoms with Gasteiger partial charge in [-0.3, -0.25) is 0 Å². The first kappa shape index (κ1) is 18.3. The van der Waals surface area contributed by atoms with Crippen LogP contribution < -0.4 is 4.74 Å². The third-order valence-electron chi connectivity index (χ3n) is 2.78. The van der Waals surface area contributed by atoms with Crippen molar-refractivity contribution in [1.82, 2.24) is 4.98 Å². The number of alkyl halides is 6. The molecule has 0 saturated heterocycles. The highest BCUT2D eigenvalue weighted by Gasteiger charge is 2.40. The standard InChI is InChI=1S/C13H6BrF6NO3/c1-23-11(22)8-9(14)6-4-5(24-13(18,19)20)2-3-7(6)21-10(8)12(15,16)17/h2-4H,1H3. The molecule has 2 rings (SSSR count). The molecule has 0 amide bonds. The number of rotatable bonds is 2. The molecule has 0 saturated carbocycles. The quantitative estimate of drug-likeness (QED) is 0.524. The molecule has 0 radical (unpaired) electrons. The van der Waals surface area contributed by atoms with Crippen LogP contribution >= 0.6 is 15.9 Å². The summed E-state index contributed by atoms with van der Waals surface area (Å²) in [7, 11) is 0.863. The normalized spacial score (nSPS) is 12.3. The van der Waals surface area contributed by atoms with Crippen LogP contribution in [0.2, 0.25) is 0 Å². The Hall–Kier alpha value is -2.04. The molecule has 0 atom stereocenters. The number of esters is 1. The number of aromatic nitrogens is 1. The molecule has 0 aliphatic carbocycles. The molecule has 1 aromatic heterocycles. The lowest BCUT2D eigenvalue weighted by Gasteiger charge is -2.15. The predicted octanol–water partition coefficient (Wildman–Crippen LogP) is 4.70. The minimum absolute atomic E-state index is 0.176. The van der Waals surface area contributed by atoms with Gasteiger partial charge in [0, 0.05) is 9.86 Å². The molecule has 130 valence electrons. The zero-order valence-electron chi connectivity index (χ0n) is 11.5. The van der Waals surface area contributed by atoms with Crippen LogP contribution in [0.15, 0.2) is 22.7 Å². The van der Waals surface area contributed by atoms with Gasteiger partial charge >= 0.3 is 18.5 Å². The molecule has 4 nitrogen and oxygen atoms in total. The van der Waals surface area contributed by atoms with E-state index in [1.807, 2.05) is 0 Å². The minimum Gasteiger partial charge on any atom is -0.465 e. The first-order chi connectivity index (χ1) is 10.9. The fraction of sp³-hybridized carbons (Fsp3) is 0.231. The lowest BCUT2D eigenvalue weighted by molar-refractivity contribution is -0.274. The lowest BCUT2D eigenvalue weighted by Crippen LogP contribution is -2.18. The first-order valence-electron chi connectivity index (χ1n) is 5.98. The van der Waals surface area contributed by atoms with Crippen LogP contribution in [0.5, 0.6) is 5.75 Å². The van der Waals surface area contributed by atoms with Crippen molar-refractivity contribution in [2.24, 2.45) is 0 Å². The van der Waals surface area contributed by atoms with Crippen molar-refractivity contribution in [1.29, 1.82) is 0 Å². The number of ether oxygens (including phenoxy) is 2. The third-order valence-corrected chi connectivity index (χ3v) is 3.61. The van der Waals surface area contributed by atoms with E-state index in [-0.39, 0.29) is 10.9 Å². The Morgan fingerprint density at radius 3 is 2.29 bits per heavy atom. The predicted molar refractivity (Wildman–Crippen MR) is 72.5 cm³/mol. The van der Waals surface area contributed by atoms with Crippen molar-refractivity contribution in [2.75, 3.05) is 7.11 Å². The second-order valence-corrected chi connectivity index (χ2v) is 5.16. The van der Waals surface area contributed by atoms with Gasteiger partial charge < -0.3 is 9.47 Å². The maximum absolute atomic E-state index is 13.1. The Kier molecular flexibility index (Phi) is 4.66. The van der Waals surface area contributed by atoms with E-state index in [2.05, 4.69) is 30.4 Å². The molecule has 1 aromatic carbocycles. The van der Waals surface area contributed by atoms with Crippen molar-refractivity contribution in [3.05, 3.63) is 33.9 Å². The highest BCUT2D eigenvalue weighted by atomic mass is 79.9. The number of nitrogens with zero attached hydrogens (tertiary/aromatic N) is 1. The molecule has 0 aliphatic heterocycles. The molecular formula is C13H6BrF6NO3. The van der Waals surface area contributed by atoms with Crippen LogP contribution in [0.3, 0.4) is 0 Å². The second kappa shape index (κ2) is 6.11. The first-order valence-corrected chi connectivity index (χ1v) is 6.78. The minimum atomic E-state index is -4.98. The second-order valence-electron chi connectivity index (χ2n) is 4.37. The maximum atomic E-state index is 13.1. The van der Waals surface area contributed by atoms with Crippen molar-refractivity contribution >= 4 is 32.8 Å². The van der Waals surface area contributed by atoms with Crippen molar-refractivity contribution in [3.8, 4) is 5.75 Å². The summed E-state index contributed by atoms with van der Waals surface area (Å²) < 4.78 is 83.6. The SMILES string of the molecule is COC(=O)c1c(C(F)(F)F)nc2ccc(OC(F)(F)F)cc2c1Br. The van der Waals surface area contributed by atoms with Crippen LogP contribution in [0.1, 0.15) is 16.1 Å². The Bertz CT molecular complexity index is 803. The van der Waals surface area contributed by atoms with Gasteiger partial charge in [0.15, 0.2) is 5.69 Å². The highest BCUT2D eigenvalue weighted by molar-refractivity contribution is 9.10. The molecule has 0 fully saturated rings. The van der Waals surface area contributed by atoms with Gasteiger partial charge in [-0.05, 0) is 34.1 Å². The number of benzene rings is 1. The van der Waals surface area contributed by atoms with Gasteiger partial charge in [-0.15, -0.1) is 13.2 Å². The van der Waals surface area contributed by atoms with E-state index in [9.17, 15) is 31.1 Å². The average Bonchev–Trinajstić information content (AvgIpc) is 2.44. The van der Waals surface area contributed by atoms with E-state index in [4.69, 9.17) is 0 Å². The zero-order valence-corrected chi connectivity index (χ0v) is 13.1. The fourth-order valence-electron chi connectivity index (χ4n) is 1.89. The van der Waals surface area contributed by atoms with E-state index in [0.29, 0.717) is 0 Å². The maximum Gasteiger partial charge on any atom is 0.573 e. The molecule has 0 N–H and O–H groups in total. The summed E-state index contributed by atoms with van der Waals surface area (Å²) in [6, 6.07) is 2.54. The number of hydrogen-bond acceptors (Lipinski definition) is 4. The van der Waals surface area contributed by atoms with Gasteiger partial charge in [0.2, 0.25) is 0 Å². The number of methoxy groups -OCH3 is 1. The van der Waals surface area contributed by atoms with Gasteiger partial charge in [-0.2, -0.15) is 13.2 Å². The summed E-state index contributed by atoms with van der Waals surface area (Å²) in [5, 5.41) is -0.176. The summed E-state index contributed by atoms with van der Waals surface area (Å²) in [5.74, 6) is -2.01. The number of carbonyl (C=O) groups excluding carboxylic acids is 1. The van der Waals surface area contributed by atoms with Gasteiger partial charge in [0.25, 0.3) is 0 Å². The van der Waals surface area contributed by atoms with Crippen LogP contribution in [-0.4, -0.2) is 24.4 Å². The van der Waals surface area contributed by atoms with Crippen molar-refractivity contribution < 1.29 is 40.6 Å². The Morgan fingerprint density at radius 2 is 1.79 bits per heavy atom. The van der Waals surface area contributed by atoms with Crippen LogP contribution in [0.25, 0.3) is 10.9 Å². The number of halogens is 7. The van der Waals surface area contributed by atoms with Crippen LogP contribution in [-0.2, 0) is 10.9 Å². The summed E-state index contributed by atoms with van der Waals surface area (Å²) >= 11 is 2.80. The zero-order chi connectivity index (χ0) is 18.3. The third kappa shape index (κ3) is 3.71. The Labute approximate surface area is 138 Å². The summed E-state index contributed by atoms with van der Waals surface area (Å²) in [6.45, 7) is 0. The average molecular weight is 418 g/mol. The lowest BCUT2D eigenvalue weighted by atomic mass is 10.1. The topological polar surface area (TPSA) is 48.4 Å². The highest BCUT2D eigenvalue weighted by Crippen LogP contribution is 2.39. The van der Waals surface area contributed by atoms with Gasteiger partial charge in [0.1, 0.15) is 11.3 Å². The molecule has 2 aromatic rings. The summed E-state index contributed by atoms with van der Waals surface area (Å²) in [5.41, 5.74) is -2.74. The van der Waals surface area contributed by atoms with E-state index in [0.717, 1.165) is 25.3 Å². The Morgan fingerprint density at radius 1 is 1.17 bits per heavy atom. The summed E-state index contributed by atoms with van der Waals surface area (Å²) in [6.07, 6.45) is -9.95. The molecule has 0 aliphatic rings. The van der Waals surface area contributed by atoms with Gasteiger partial charge in [-0.1, -0.05) is 0 Å². The van der Waals surface area contributed by atoms with E-state index in [1.54, 1.807) is 0 Å². The number of hydrogen-bond donors (Lipinski definition) is 0. The monoisotopic (exact) mass is 417 g/mol. The van der Waals surface area contributed by atoms with Crippen molar-refractivity contribution in [2.45, 2.75) is 12.5 Å². The molecule has 11 heteroatoms. The van der Waals surface area contributed by atoms with Crippen molar-refractivity contribution in [3.63, 3.8) is 0 Å². The molecule has 1 heterocycles. The molecule has 24 heavy (non-hydrogen) atoms. The largest absolute Gasteiger partial charge is 0.573 e. The number of fused-ring (bicyclic) bond motifs is 1. The number of carbonyl (C=O) groups is 1. The van der Waals surface area contributed by atoms with E-state index < -0.39 is 40.0 Å². The van der Waals surface area contributed by atoms with Gasteiger partial charge in [-0.25, -0.2) is 9.78 Å². The van der Waals surface area contributed by atoms with E-state index >= 15 is 0 Å². The Balaban J connectivity index is 2.75. The number of pyridine rings is 1. The van der Waals surface area contributed by atoms with Gasteiger partial charge in [0.05, 0.1) is 12.6 Å². The van der Waals surface area contributed by atoms with E-state index in [1.165, 1.54) is 0 Å². The smallest absolute Gasteiger partial charge is 0.465 e. The molecule has 0 spiro atoms. The molecular weight excluding hydrogens is 412 g/mol. The van der Waals surface area contributed by atoms with Crippen LogP contribution in [0.4, 0.5) is 26.3 Å². The molecule has 0 unspecified atom stereocenters. The van der Waals surface area contributed by atoms with Crippen LogP contribution in [0, 0.1) is 0 Å². The summed E-state index contributed by atoms with van der Waals surface area (Å²) in [4.78, 5) is 15.0.